The zero-order chi connectivity index (χ0) is 18.8. The molecular weight excluding hydrogens is 350 g/mol. The van der Waals surface area contributed by atoms with E-state index in [0.29, 0.717) is 16.7 Å². The second-order valence-electron chi connectivity index (χ2n) is 6.18. The molecule has 8 heteroatoms. The molecule has 2 heterocycles. The van der Waals surface area contributed by atoms with E-state index < -0.39 is 5.25 Å². The fourth-order valence-corrected chi connectivity index (χ4v) is 3.52. The molecule has 1 aromatic carbocycles. The Kier molecular flexibility index (Phi) is 5.03. The minimum atomic E-state index is -0.397. The first-order valence-electron chi connectivity index (χ1n) is 8.16. The van der Waals surface area contributed by atoms with E-state index in [4.69, 9.17) is 10.3 Å². The molecule has 0 aliphatic heterocycles. The highest BCUT2D eigenvalue weighted by Crippen LogP contribution is 2.27. The van der Waals surface area contributed by atoms with Crippen molar-refractivity contribution < 1.29 is 9.21 Å². The zero-order valence-electron chi connectivity index (χ0n) is 15.1. The lowest BCUT2D eigenvalue weighted by Gasteiger charge is -2.15. The van der Waals surface area contributed by atoms with E-state index in [2.05, 4.69) is 15.5 Å². The van der Waals surface area contributed by atoms with E-state index in [1.54, 1.807) is 25.3 Å². The van der Waals surface area contributed by atoms with Crippen LogP contribution in [-0.4, -0.2) is 26.0 Å². The number of furan rings is 1. The zero-order valence-corrected chi connectivity index (χ0v) is 15.9. The van der Waals surface area contributed by atoms with Crippen LogP contribution < -0.4 is 11.2 Å². The third-order valence-electron chi connectivity index (χ3n) is 3.98. The van der Waals surface area contributed by atoms with Crippen LogP contribution in [0.3, 0.4) is 0 Å². The van der Waals surface area contributed by atoms with Crippen LogP contribution in [0.5, 0.6) is 0 Å². The number of aryl methyl sites for hydroxylation is 3. The number of nitrogen functional groups attached to an aromatic ring is 1. The number of nitrogens with zero attached hydrogens (tertiary/aromatic N) is 3. The van der Waals surface area contributed by atoms with Crippen molar-refractivity contribution in [1.29, 1.82) is 0 Å². The summed E-state index contributed by atoms with van der Waals surface area (Å²) in [6.07, 6.45) is 1.54. The summed E-state index contributed by atoms with van der Waals surface area (Å²) in [5.41, 5.74) is 4.09. The number of aromatic nitrogens is 3. The predicted octanol–water partition coefficient (Wildman–Crippen LogP) is 3.30. The lowest BCUT2D eigenvalue weighted by atomic mass is 10.1. The Labute approximate surface area is 156 Å². The molecule has 0 bridgehead atoms. The summed E-state index contributed by atoms with van der Waals surface area (Å²) in [6, 6.07) is 7.60. The van der Waals surface area contributed by atoms with E-state index in [0.717, 1.165) is 16.8 Å². The standard InChI is InChI=1S/C18H21N5O2S/c1-10-8-11(2)15(12(3)9-10)20-17(24)13(4)26-18-22-21-16(23(18)19)14-6-5-7-25-14/h5-9,13H,19H2,1-4H3,(H,20,24)/t13-/m0/s1. The number of rotatable bonds is 5. The Morgan fingerprint density at radius 3 is 2.58 bits per heavy atom. The molecule has 3 rings (SSSR count). The Balaban J connectivity index is 1.73. The average Bonchev–Trinajstić information content (AvgIpc) is 3.21. The van der Waals surface area contributed by atoms with Crippen LogP contribution in [0.1, 0.15) is 23.6 Å². The monoisotopic (exact) mass is 371 g/mol. The highest BCUT2D eigenvalue weighted by molar-refractivity contribution is 8.00. The number of carbonyl (C=O) groups excluding carboxylic acids is 1. The van der Waals surface area contributed by atoms with Crippen molar-refractivity contribution in [3.05, 3.63) is 47.2 Å². The van der Waals surface area contributed by atoms with Crippen molar-refractivity contribution in [1.82, 2.24) is 14.9 Å². The number of hydrogen-bond donors (Lipinski definition) is 2. The van der Waals surface area contributed by atoms with Gasteiger partial charge in [-0.1, -0.05) is 29.5 Å². The van der Waals surface area contributed by atoms with E-state index in [1.165, 1.54) is 22.0 Å². The highest BCUT2D eigenvalue weighted by Gasteiger charge is 2.21. The van der Waals surface area contributed by atoms with Gasteiger partial charge in [0.15, 0.2) is 5.76 Å². The summed E-state index contributed by atoms with van der Waals surface area (Å²) in [7, 11) is 0. The van der Waals surface area contributed by atoms with Gasteiger partial charge in [0.1, 0.15) is 0 Å². The van der Waals surface area contributed by atoms with Gasteiger partial charge in [0.2, 0.25) is 16.9 Å². The smallest absolute Gasteiger partial charge is 0.237 e. The molecule has 3 aromatic rings. The third kappa shape index (κ3) is 3.60. The van der Waals surface area contributed by atoms with Crippen LogP contribution in [0, 0.1) is 20.8 Å². The van der Waals surface area contributed by atoms with Gasteiger partial charge in [0.05, 0.1) is 11.5 Å². The van der Waals surface area contributed by atoms with Gasteiger partial charge in [0.25, 0.3) is 0 Å². The molecule has 0 saturated heterocycles. The number of nitrogens with one attached hydrogen (secondary N) is 1. The predicted molar refractivity (Wildman–Crippen MR) is 102 cm³/mol. The third-order valence-corrected chi connectivity index (χ3v) is 5.04. The minimum Gasteiger partial charge on any atom is -0.461 e. The fourth-order valence-electron chi connectivity index (χ4n) is 2.74. The Morgan fingerprint density at radius 1 is 1.27 bits per heavy atom. The first-order chi connectivity index (χ1) is 12.4. The SMILES string of the molecule is Cc1cc(C)c(NC(=O)[C@H](C)Sc2nnc(-c3ccco3)n2N)c(C)c1. The number of thioether (sulfide) groups is 1. The first-order valence-corrected chi connectivity index (χ1v) is 9.04. The molecular formula is C18H21N5O2S. The van der Waals surface area contributed by atoms with Crippen LogP contribution in [0.4, 0.5) is 5.69 Å². The molecule has 26 heavy (non-hydrogen) atoms. The van der Waals surface area contributed by atoms with Gasteiger partial charge in [-0.15, -0.1) is 10.2 Å². The topological polar surface area (TPSA) is 99.0 Å². The van der Waals surface area contributed by atoms with Crippen molar-refractivity contribution in [2.24, 2.45) is 0 Å². The minimum absolute atomic E-state index is 0.118. The molecule has 0 unspecified atom stereocenters. The molecule has 3 N–H and O–H groups in total. The molecule has 1 atom stereocenters. The van der Waals surface area contributed by atoms with Gasteiger partial charge in [-0.05, 0) is 51.0 Å². The molecule has 2 aromatic heterocycles. The molecule has 1 amide bonds. The molecule has 0 radical (unpaired) electrons. The largest absolute Gasteiger partial charge is 0.461 e. The van der Waals surface area contributed by atoms with Gasteiger partial charge in [-0.25, -0.2) is 4.68 Å². The van der Waals surface area contributed by atoms with Gasteiger partial charge < -0.3 is 15.6 Å². The van der Waals surface area contributed by atoms with E-state index in [9.17, 15) is 4.79 Å². The molecule has 0 fully saturated rings. The maximum absolute atomic E-state index is 12.6. The number of carbonyl (C=O) groups is 1. The Morgan fingerprint density at radius 2 is 1.96 bits per heavy atom. The number of anilines is 1. The van der Waals surface area contributed by atoms with Crippen molar-refractivity contribution in [2.45, 2.75) is 38.1 Å². The average molecular weight is 371 g/mol. The van der Waals surface area contributed by atoms with E-state index in [-0.39, 0.29) is 5.91 Å². The number of benzene rings is 1. The van der Waals surface area contributed by atoms with E-state index in [1.807, 2.05) is 32.9 Å². The highest BCUT2D eigenvalue weighted by atomic mass is 32.2. The van der Waals surface area contributed by atoms with Crippen molar-refractivity contribution in [3.63, 3.8) is 0 Å². The van der Waals surface area contributed by atoms with Crippen LogP contribution in [-0.2, 0) is 4.79 Å². The summed E-state index contributed by atoms with van der Waals surface area (Å²) in [5, 5.41) is 11.1. The van der Waals surface area contributed by atoms with Gasteiger partial charge in [-0.3, -0.25) is 4.79 Å². The van der Waals surface area contributed by atoms with Gasteiger partial charge >= 0.3 is 0 Å². The van der Waals surface area contributed by atoms with Gasteiger partial charge in [-0.2, -0.15) is 0 Å². The normalized spacial score (nSPS) is 12.2. The Hall–Kier alpha value is -2.74. The molecule has 136 valence electrons. The van der Waals surface area contributed by atoms with Gasteiger partial charge in [0, 0.05) is 5.69 Å². The molecule has 0 aliphatic rings. The number of nitrogens with two attached hydrogens (primary N) is 1. The van der Waals surface area contributed by atoms with Crippen LogP contribution in [0.15, 0.2) is 40.1 Å². The summed E-state index contributed by atoms with van der Waals surface area (Å²) in [5.74, 6) is 6.86. The molecule has 7 nitrogen and oxygen atoms in total. The summed E-state index contributed by atoms with van der Waals surface area (Å²) < 4.78 is 6.62. The van der Waals surface area contributed by atoms with E-state index >= 15 is 0 Å². The Bertz CT molecular complexity index is 910. The van der Waals surface area contributed by atoms with Crippen LogP contribution >= 0.6 is 11.8 Å². The lowest BCUT2D eigenvalue weighted by Crippen LogP contribution is -2.24. The molecule has 0 aliphatic carbocycles. The fraction of sp³-hybridized carbons (Fsp3) is 0.278. The lowest BCUT2D eigenvalue weighted by molar-refractivity contribution is -0.115. The summed E-state index contributed by atoms with van der Waals surface area (Å²) in [6.45, 7) is 7.81. The van der Waals surface area contributed by atoms with Crippen LogP contribution in [0.2, 0.25) is 0 Å². The van der Waals surface area contributed by atoms with Crippen molar-refractivity contribution in [3.8, 4) is 11.6 Å². The van der Waals surface area contributed by atoms with Crippen molar-refractivity contribution in [2.75, 3.05) is 11.2 Å². The van der Waals surface area contributed by atoms with Crippen molar-refractivity contribution >= 4 is 23.4 Å². The second kappa shape index (κ2) is 7.25. The molecule has 0 spiro atoms. The summed E-state index contributed by atoms with van der Waals surface area (Å²) >= 11 is 1.24. The first kappa shape index (κ1) is 18.1. The maximum atomic E-state index is 12.6. The number of amides is 1. The second-order valence-corrected chi connectivity index (χ2v) is 7.48. The number of hydrogen-bond acceptors (Lipinski definition) is 6. The maximum Gasteiger partial charge on any atom is 0.237 e. The summed E-state index contributed by atoms with van der Waals surface area (Å²) in [4.78, 5) is 12.6. The van der Waals surface area contributed by atoms with Crippen LogP contribution in [0.25, 0.3) is 11.6 Å². The molecule has 0 saturated carbocycles. The quantitative estimate of drug-likeness (QED) is 0.527.